The SMILES string of the molecule is COc1cc(-c2cccc(NSc3c(F)cccc3F)c2F)cc2c(N3CCOCC3)nc(-c3ccc(N)nc3)nc12. The van der Waals surface area contributed by atoms with E-state index < -0.39 is 17.5 Å². The lowest BCUT2D eigenvalue weighted by Crippen LogP contribution is -2.37. The van der Waals surface area contributed by atoms with Gasteiger partial charge in [-0.1, -0.05) is 18.2 Å². The number of benzene rings is 3. The molecule has 3 N–H and O–H groups in total. The maximum atomic E-state index is 15.9. The highest BCUT2D eigenvalue weighted by Crippen LogP contribution is 2.39. The summed E-state index contributed by atoms with van der Waals surface area (Å²) < 4.78 is 58.2. The minimum Gasteiger partial charge on any atom is -0.494 e. The molecular weight excluding hydrogens is 565 g/mol. The summed E-state index contributed by atoms with van der Waals surface area (Å²) in [6.45, 7) is 2.28. The van der Waals surface area contributed by atoms with Crippen molar-refractivity contribution in [2.75, 3.05) is 48.8 Å². The van der Waals surface area contributed by atoms with E-state index in [9.17, 15) is 8.78 Å². The molecule has 0 bridgehead atoms. The van der Waals surface area contributed by atoms with Crippen LogP contribution < -0.4 is 20.1 Å². The second kappa shape index (κ2) is 11.7. The highest BCUT2D eigenvalue weighted by atomic mass is 32.2. The number of fused-ring (bicyclic) bond motifs is 1. The molecule has 6 rings (SSSR count). The van der Waals surface area contributed by atoms with Crippen molar-refractivity contribution in [3.8, 4) is 28.3 Å². The van der Waals surface area contributed by atoms with Crippen LogP contribution >= 0.6 is 11.9 Å². The summed E-state index contributed by atoms with van der Waals surface area (Å²) in [7, 11) is 1.52. The van der Waals surface area contributed by atoms with Crippen LogP contribution in [-0.2, 0) is 4.74 Å². The molecule has 12 heteroatoms. The van der Waals surface area contributed by atoms with Gasteiger partial charge in [0, 0.05) is 35.8 Å². The van der Waals surface area contributed by atoms with Crippen molar-refractivity contribution >= 4 is 40.2 Å². The molecule has 1 saturated heterocycles. The average Bonchev–Trinajstić information content (AvgIpc) is 3.01. The summed E-state index contributed by atoms with van der Waals surface area (Å²) in [5, 5.41) is 0.666. The van der Waals surface area contributed by atoms with Crippen LogP contribution in [0.3, 0.4) is 0 Å². The number of nitrogen functional groups attached to an aromatic ring is 1. The van der Waals surface area contributed by atoms with Gasteiger partial charge in [0.05, 0.1) is 30.9 Å². The quantitative estimate of drug-likeness (QED) is 0.211. The van der Waals surface area contributed by atoms with Gasteiger partial charge in [-0.15, -0.1) is 0 Å². The molecule has 1 aliphatic heterocycles. The molecule has 42 heavy (non-hydrogen) atoms. The molecule has 3 aromatic carbocycles. The van der Waals surface area contributed by atoms with Crippen molar-refractivity contribution in [2.45, 2.75) is 4.90 Å². The number of morpholine rings is 1. The second-order valence-corrected chi connectivity index (χ2v) is 10.3. The average molecular weight is 591 g/mol. The van der Waals surface area contributed by atoms with Crippen LogP contribution in [0.4, 0.5) is 30.5 Å². The molecule has 214 valence electrons. The van der Waals surface area contributed by atoms with Gasteiger partial charge in [-0.05, 0) is 60.0 Å². The normalized spacial score (nSPS) is 13.4. The lowest BCUT2D eigenvalue weighted by atomic mass is 10.0. The van der Waals surface area contributed by atoms with Crippen molar-refractivity contribution in [3.05, 3.63) is 84.3 Å². The van der Waals surface area contributed by atoms with E-state index >= 15 is 4.39 Å². The summed E-state index contributed by atoms with van der Waals surface area (Å²) >= 11 is 0.660. The Kier molecular flexibility index (Phi) is 7.72. The molecule has 1 fully saturated rings. The number of nitrogens with one attached hydrogen (secondary N) is 1. The molecule has 5 aromatic rings. The molecule has 0 aliphatic carbocycles. The maximum absolute atomic E-state index is 15.9. The summed E-state index contributed by atoms with van der Waals surface area (Å²) in [4.78, 5) is 15.7. The molecule has 8 nitrogen and oxygen atoms in total. The molecule has 0 amide bonds. The number of hydrogen-bond acceptors (Lipinski definition) is 9. The Morgan fingerprint density at radius 2 is 1.71 bits per heavy atom. The Bertz CT molecular complexity index is 1750. The number of aromatic nitrogens is 3. The van der Waals surface area contributed by atoms with E-state index in [1.165, 1.54) is 19.2 Å². The first-order chi connectivity index (χ1) is 20.4. The van der Waals surface area contributed by atoms with Crippen molar-refractivity contribution in [1.29, 1.82) is 0 Å². The number of hydrogen-bond donors (Lipinski definition) is 2. The molecule has 0 atom stereocenters. The van der Waals surface area contributed by atoms with Crippen LogP contribution in [0.1, 0.15) is 0 Å². The van der Waals surface area contributed by atoms with E-state index in [-0.39, 0.29) is 16.1 Å². The molecule has 3 heterocycles. The van der Waals surface area contributed by atoms with Gasteiger partial charge >= 0.3 is 0 Å². The fraction of sp³-hybridized carbons (Fsp3) is 0.167. The zero-order valence-electron chi connectivity index (χ0n) is 22.4. The minimum atomic E-state index is -0.743. The first-order valence-electron chi connectivity index (χ1n) is 13.0. The number of halogens is 3. The van der Waals surface area contributed by atoms with Crippen LogP contribution in [0.5, 0.6) is 5.75 Å². The van der Waals surface area contributed by atoms with E-state index in [1.54, 1.807) is 36.5 Å². The zero-order valence-corrected chi connectivity index (χ0v) is 23.2. The van der Waals surface area contributed by atoms with Gasteiger partial charge in [0.25, 0.3) is 0 Å². The third-order valence-corrected chi connectivity index (χ3v) is 7.73. The Hall–Kier alpha value is -4.55. The van der Waals surface area contributed by atoms with Gasteiger partial charge in [-0.2, -0.15) is 0 Å². The highest BCUT2D eigenvalue weighted by Gasteiger charge is 2.22. The van der Waals surface area contributed by atoms with E-state index in [1.807, 2.05) is 6.07 Å². The number of methoxy groups -OCH3 is 1. The number of nitrogens with zero attached hydrogens (tertiary/aromatic N) is 4. The number of rotatable bonds is 7. The van der Waals surface area contributed by atoms with Crippen molar-refractivity contribution in [1.82, 2.24) is 15.0 Å². The lowest BCUT2D eigenvalue weighted by Gasteiger charge is -2.29. The topological polar surface area (TPSA) is 98.4 Å². The molecule has 0 radical (unpaired) electrons. The van der Waals surface area contributed by atoms with Crippen molar-refractivity contribution in [2.24, 2.45) is 0 Å². The minimum absolute atomic E-state index is 0.0649. The number of ether oxygens (including phenoxy) is 2. The Balaban J connectivity index is 1.46. The Labute approximate surface area is 243 Å². The number of nitrogens with two attached hydrogens (primary N) is 1. The summed E-state index contributed by atoms with van der Waals surface area (Å²) in [5.41, 5.74) is 7.85. The first kappa shape index (κ1) is 27.6. The fourth-order valence-electron chi connectivity index (χ4n) is 4.70. The van der Waals surface area contributed by atoms with Gasteiger partial charge in [0.2, 0.25) is 0 Å². The first-order valence-corrected chi connectivity index (χ1v) is 13.8. The summed E-state index contributed by atoms with van der Waals surface area (Å²) in [6.07, 6.45) is 1.61. The standard InChI is InChI=1S/C30H25F3N6O2S/c1-40-24-15-18(19-4-2-7-23(26(19)33)38-42-28-21(31)5-3-6-22(28)32)14-20-27(24)36-29(17-8-9-25(34)35-16-17)37-30(20)39-10-12-41-13-11-39/h2-9,14-16,38H,10-13H2,1H3,(H2,34,35). The molecule has 0 spiro atoms. The largest absolute Gasteiger partial charge is 0.494 e. The van der Waals surface area contributed by atoms with E-state index in [0.29, 0.717) is 83.5 Å². The maximum Gasteiger partial charge on any atom is 0.163 e. The molecule has 0 saturated carbocycles. The Morgan fingerprint density at radius 3 is 2.43 bits per heavy atom. The molecule has 2 aromatic heterocycles. The van der Waals surface area contributed by atoms with Gasteiger partial charge in [0.15, 0.2) is 11.6 Å². The third kappa shape index (κ3) is 5.38. The van der Waals surface area contributed by atoms with Gasteiger partial charge in [0.1, 0.15) is 34.5 Å². The Morgan fingerprint density at radius 1 is 0.952 bits per heavy atom. The van der Waals surface area contributed by atoms with Gasteiger partial charge < -0.3 is 24.8 Å². The van der Waals surface area contributed by atoms with Gasteiger partial charge in [-0.25, -0.2) is 28.1 Å². The highest BCUT2D eigenvalue weighted by molar-refractivity contribution is 8.00. The number of anilines is 3. The van der Waals surface area contributed by atoms with Crippen LogP contribution in [-0.4, -0.2) is 48.4 Å². The summed E-state index contributed by atoms with van der Waals surface area (Å²) in [6, 6.07) is 15.3. The van der Waals surface area contributed by atoms with E-state index in [0.717, 1.165) is 12.1 Å². The molecule has 0 unspecified atom stereocenters. The van der Waals surface area contributed by atoms with Crippen molar-refractivity contribution < 1.29 is 22.6 Å². The number of pyridine rings is 1. The second-order valence-electron chi connectivity index (χ2n) is 9.44. The molecular formula is C30H25F3N6O2S. The molecule has 1 aliphatic rings. The van der Waals surface area contributed by atoms with Crippen LogP contribution in [0.15, 0.2) is 71.8 Å². The smallest absolute Gasteiger partial charge is 0.163 e. The fourth-order valence-corrected chi connectivity index (χ4v) is 5.40. The van der Waals surface area contributed by atoms with E-state index in [4.69, 9.17) is 25.2 Å². The van der Waals surface area contributed by atoms with Crippen molar-refractivity contribution in [3.63, 3.8) is 0 Å². The predicted molar refractivity (Wildman–Crippen MR) is 158 cm³/mol. The van der Waals surface area contributed by atoms with Crippen LogP contribution in [0.2, 0.25) is 0 Å². The van der Waals surface area contributed by atoms with Gasteiger partial charge in [-0.3, -0.25) is 0 Å². The van der Waals surface area contributed by atoms with Crippen LogP contribution in [0.25, 0.3) is 33.4 Å². The zero-order chi connectivity index (χ0) is 29.2. The third-order valence-electron chi connectivity index (χ3n) is 6.81. The summed E-state index contributed by atoms with van der Waals surface area (Å²) in [5.74, 6) is -0.188. The van der Waals surface area contributed by atoms with Crippen LogP contribution in [0, 0.1) is 17.5 Å². The monoisotopic (exact) mass is 590 g/mol. The lowest BCUT2D eigenvalue weighted by molar-refractivity contribution is 0.122. The predicted octanol–water partition coefficient (Wildman–Crippen LogP) is 6.32. The van der Waals surface area contributed by atoms with E-state index in [2.05, 4.69) is 14.6 Å².